The van der Waals surface area contributed by atoms with Gasteiger partial charge in [-0.25, -0.2) is 0 Å². The average Bonchev–Trinajstić information content (AvgIpc) is 3.55. The van der Waals surface area contributed by atoms with Crippen LogP contribution < -0.4 is 9.80 Å². The maximum absolute atomic E-state index is 2.70. The smallest absolute Gasteiger partial charge is 0.0543 e. The molecule has 0 aliphatic heterocycles. The van der Waals surface area contributed by atoms with E-state index >= 15 is 0 Å². The first-order chi connectivity index (χ1) is 37.2. The highest BCUT2D eigenvalue weighted by molar-refractivity contribution is 6.30. The van der Waals surface area contributed by atoms with E-state index in [2.05, 4.69) is 251 Å². The van der Waals surface area contributed by atoms with E-state index in [0.717, 1.165) is 0 Å². The van der Waals surface area contributed by atoms with E-state index in [1.807, 2.05) is 0 Å². The average molecular weight is 1030 g/mol. The molecular formula is C76H84N2. The van der Waals surface area contributed by atoms with Crippen LogP contribution in [-0.4, -0.2) is 0 Å². The van der Waals surface area contributed by atoms with Gasteiger partial charge in [0.1, 0.15) is 0 Å². The Morgan fingerprint density at radius 2 is 0.615 bits per heavy atom. The van der Waals surface area contributed by atoms with E-state index in [4.69, 9.17) is 0 Å². The SMILES string of the molecule is CC(C)(C)c1cc(N(c2cccc3ccccc23)c2cc(C3CCCCC3)c3ccc4c(N(c5cc(C(C)(C)C)cc(C(C)(C)C)c5)c5cccc6ccccc56)cc(C5CCCCC5)c5ccc2c3c54)cc(C(C)(C)C)c1. The lowest BCUT2D eigenvalue weighted by Gasteiger charge is -2.35. The van der Waals surface area contributed by atoms with Crippen molar-refractivity contribution in [1.29, 1.82) is 0 Å². The Balaban J connectivity index is 1.26. The van der Waals surface area contributed by atoms with Gasteiger partial charge in [0.2, 0.25) is 0 Å². The highest BCUT2D eigenvalue weighted by atomic mass is 15.2. The van der Waals surface area contributed by atoms with Crippen molar-refractivity contribution in [2.24, 2.45) is 0 Å². The lowest BCUT2D eigenvalue weighted by molar-refractivity contribution is 0.445. The molecule has 0 bridgehead atoms. The molecule has 2 aliphatic carbocycles. The van der Waals surface area contributed by atoms with Gasteiger partial charge in [0.25, 0.3) is 0 Å². The summed E-state index contributed by atoms with van der Waals surface area (Å²) in [4.78, 5) is 5.39. The van der Waals surface area contributed by atoms with Crippen LogP contribution in [0.15, 0.2) is 158 Å². The van der Waals surface area contributed by atoms with Crippen molar-refractivity contribution in [1.82, 2.24) is 0 Å². The van der Waals surface area contributed by atoms with Crippen LogP contribution >= 0.6 is 0 Å². The maximum Gasteiger partial charge on any atom is 0.0543 e. The molecule has 0 saturated heterocycles. The first-order valence-electron chi connectivity index (χ1n) is 29.9. The molecule has 0 amide bonds. The lowest BCUT2D eigenvalue weighted by Crippen LogP contribution is -2.20. The van der Waals surface area contributed by atoms with Gasteiger partial charge in [-0.1, -0.05) is 231 Å². The van der Waals surface area contributed by atoms with Crippen molar-refractivity contribution in [3.63, 3.8) is 0 Å². The van der Waals surface area contributed by atoms with Crippen LogP contribution in [-0.2, 0) is 21.7 Å². The number of hydrogen-bond donors (Lipinski definition) is 0. The molecule has 2 aliphatic rings. The van der Waals surface area contributed by atoms with Crippen LogP contribution in [0.2, 0.25) is 0 Å². The Labute approximate surface area is 467 Å². The molecule has 0 atom stereocenters. The topological polar surface area (TPSA) is 6.48 Å². The molecule has 0 N–H and O–H groups in total. The first-order valence-corrected chi connectivity index (χ1v) is 29.9. The summed E-state index contributed by atoms with van der Waals surface area (Å²) in [5.74, 6) is 0.950. The zero-order valence-corrected chi connectivity index (χ0v) is 49.1. The number of fused-ring (bicyclic) bond motifs is 2. The molecule has 10 aromatic rings. The predicted octanol–water partition coefficient (Wildman–Crippen LogP) is 23.1. The lowest BCUT2D eigenvalue weighted by atomic mass is 9.77. The Bertz CT molecular complexity index is 3540. The van der Waals surface area contributed by atoms with E-state index in [-0.39, 0.29) is 21.7 Å². The number of nitrogens with zero attached hydrogens (tertiary/aromatic N) is 2. The summed E-state index contributed by atoms with van der Waals surface area (Å²) < 4.78 is 0. The molecule has 2 saturated carbocycles. The fraction of sp³-hybridized carbons (Fsp3) is 0.368. The predicted molar refractivity (Wildman–Crippen MR) is 341 cm³/mol. The molecule has 10 aromatic carbocycles. The zero-order chi connectivity index (χ0) is 54.5. The van der Waals surface area contributed by atoms with Gasteiger partial charge in [-0.2, -0.15) is 0 Å². The summed E-state index contributed by atoms with van der Waals surface area (Å²) in [6.45, 7) is 28.6. The van der Waals surface area contributed by atoms with Crippen LogP contribution in [0.5, 0.6) is 0 Å². The fourth-order valence-electron chi connectivity index (χ4n) is 13.7. The van der Waals surface area contributed by atoms with Gasteiger partial charge < -0.3 is 9.80 Å². The molecular weight excluding hydrogens is 941 g/mol. The standard InChI is InChI=1S/C76H84N2/c1-73(2,3)53-41-54(74(4,5)6)44-57(43-53)77(67-35-23-31-49-29-19-21-33-59(49)67)69-47-65(51-25-15-13-16-26-51)61-38-40-64-70(48-66(52-27-17-14-18-28-52)62-37-39-63(69)71(61)72(62)64)78(68-36-24-32-50-30-20-22-34-60(50)68)58-45-55(75(7,8)9)42-56(46-58)76(10,11)12/h19-24,29-48,51-52H,13-18,25-28H2,1-12H3. The van der Waals surface area contributed by atoms with Crippen LogP contribution in [0.4, 0.5) is 34.1 Å². The molecule has 0 heterocycles. The first kappa shape index (κ1) is 52.1. The summed E-state index contributed by atoms with van der Waals surface area (Å²) >= 11 is 0. The molecule has 12 rings (SSSR count). The Morgan fingerprint density at radius 3 is 0.962 bits per heavy atom. The Hall–Kier alpha value is -6.64. The van der Waals surface area contributed by atoms with Gasteiger partial charge in [0.15, 0.2) is 0 Å². The van der Waals surface area contributed by atoms with Crippen LogP contribution in [0.25, 0.3) is 53.9 Å². The van der Waals surface area contributed by atoms with Crippen molar-refractivity contribution in [3.8, 4) is 0 Å². The van der Waals surface area contributed by atoms with Gasteiger partial charge in [0, 0.05) is 32.9 Å². The maximum atomic E-state index is 2.70. The van der Waals surface area contributed by atoms with E-state index < -0.39 is 0 Å². The molecule has 2 heteroatoms. The molecule has 2 nitrogen and oxygen atoms in total. The monoisotopic (exact) mass is 1020 g/mol. The number of benzene rings is 10. The van der Waals surface area contributed by atoms with Gasteiger partial charge in [-0.3, -0.25) is 0 Å². The third-order valence-electron chi connectivity index (χ3n) is 18.3. The van der Waals surface area contributed by atoms with Gasteiger partial charge in [-0.15, -0.1) is 0 Å². The third kappa shape index (κ3) is 9.43. The zero-order valence-electron chi connectivity index (χ0n) is 49.1. The summed E-state index contributed by atoms with van der Waals surface area (Å²) in [6.07, 6.45) is 12.6. The van der Waals surface area contributed by atoms with Crippen molar-refractivity contribution >= 4 is 88.0 Å². The number of anilines is 6. The van der Waals surface area contributed by atoms with E-state index in [1.54, 1.807) is 0 Å². The number of hydrogen-bond acceptors (Lipinski definition) is 2. The minimum atomic E-state index is -0.0573. The molecule has 2 fully saturated rings. The van der Waals surface area contributed by atoms with E-state index in [0.29, 0.717) is 11.8 Å². The van der Waals surface area contributed by atoms with Crippen LogP contribution in [0.3, 0.4) is 0 Å². The Morgan fingerprint density at radius 1 is 0.295 bits per heavy atom. The van der Waals surface area contributed by atoms with Crippen molar-refractivity contribution in [2.75, 3.05) is 9.80 Å². The number of rotatable bonds is 8. The van der Waals surface area contributed by atoms with Crippen LogP contribution in [0, 0.1) is 0 Å². The highest BCUT2D eigenvalue weighted by Crippen LogP contribution is 2.55. The quantitative estimate of drug-likeness (QED) is 0.140. The fourth-order valence-corrected chi connectivity index (χ4v) is 13.7. The molecule has 398 valence electrons. The minimum Gasteiger partial charge on any atom is -0.309 e. The summed E-state index contributed by atoms with van der Waals surface area (Å²) in [5, 5.41) is 13.4. The van der Waals surface area contributed by atoms with Gasteiger partial charge >= 0.3 is 0 Å². The normalized spacial score (nSPS) is 15.6. The summed E-state index contributed by atoms with van der Waals surface area (Å²) in [6, 6.07) is 62.7. The van der Waals surface area contributed by atoms with Crippen molar-refractivity contribution < 1.29 is 0 Å². The molecule has 0 aromatic heterocycles. The van der Waals surface area contributed by atoms with Gasteiger partial charge in [-0.05, 0) is 173 Å². The van der Waals surface area contributed by atoms with Gasteiger partial charge in [0.05, 0.1) is 22.7 Å². The third-order valence-corrected chi connectivity index (χ3v) is 18.3. The van der Waals surface area contributed by atoms with Crippen molar-refractivity contribution in [2.45, 2.75) is 181 Å². The highest BCUT2D eigenvalue weighted by Gasteiger charge is 2.32. The van der Waals surface area contributed by atoms with Crippen molar-refractivity contribution in [3.05, 3.63) is 191 Å². The second-order valence-electron chi connectivity index (χ2n) is 27.9. The molecule has 78 heavy (non-hydrogen) atoms. The summed E-state index contributed by atoms with van der Waals surface area (Å²) in [7, 11) is 0. The Kier molecular flexibility index (Phi) is 13.1. The second-order valence-corrected chi connectivity index (χ2v) is 27.9. The summed E-state index contributed by atoms with van der Waals surface area (Å²) in [5.41, 5.74) is 15.7. The van der Waals surface area contributed by atoms with E-state index in [1.165, 1.54) is 186 Å². The largest absolute Gasteiger partial charge is 0.309 e. The van der Waals surface area contributed by atoms with Crippen LogP contribution in [0.1, 0.15) is 193 Å². The minimum absolute atomic E-state index is 0.0573. The molecule has 0 spiro atoms. The molecule has 0 radical (unpaired) electrons. The molecule has 0 unspecified atom stereocenters. The van der Waals surface area contributed by atoms with E-state index in [9.17, 15) is 0 Å². The second kappa shape index (κ2) is 19.6.